The maximum atomic E-state index is 12.3. The van der Waals surface area contributed by atoms with Crippen molar-refractivity contribution in [1.29, 1.82) is 0 Å². The van der Waals surface area contributed by atoms with Crippen LogP contribution in [0.15, 0.2) is 42.5 Å². The fourth-order valence-corrected chi connectivity index (χ4v) is 13.7. The van der Waals surface area contributed by atoms with Crippen LogP contribution in [0.4, 0.5) is 0 Å². The molecule has 33 heteroatoms. The first-order valence-corrected chi connectivity index (χ1v) is 39.6. The van der Waals surface area contributed by atoms with Gasteiger partial charge in [0.1, 0.15) is 5.75 Å². The second kappa shape index (κ2) is 33.2. The van der Waals surface area contributed by atoms with E-state index in [0.29, 0.717) is 69.2 Å². The molecule has 2 fully saturated rings. The average Bonchev–Trinajstić information content (AvgIpc) is 3.25. The number of hydrogen-bond acceptors (Lipinski definition) is 13. The molecule has 2 saturated heterocycles. The van der Waals surface area contributed by atoms with Crippen molar-refractivity contribution < 1.29 is 60.3 Å². The zero-order valence-corrected chi connectivity index (χ0v) is 50.9. The Morgan fingerprint density at radius 1 is 1.00 bits per heavy atom. The molecule has 13 nitrogen and oxygen atoms in total. The third kappa shape index (κ3) is 18.4. The number of halogens is 1. The van der Waals surface area contributed by atoms with Gasteiger partial charge in [-0.15, -0.1) is 0 Å². The van der Waals surface area contributed by atoms with Gasteiger partial charge >= 0.3 is 374 Å². The van der Waals surface area contributed by atoms with E-state index in [9.17, 15) is 9.90 Å². The molecule has 2 aromatic carbocycles. The normalized spacial score (nSPS) is 27.6. The molecule has 2 aromatic rings. The van der Waals surface area contributed by atoms with Gasteiger partial charge in [-0.3, -0.25) is 0 Å². The standard InChI is InChI=1S/C22H32ClO7P9.C6H8O6P10/c1-3-25-15-7-4-13(5-8-15)20(28-32)16-10-14(6-9-17(16)23)22(24)21(30-39(35)38-34)19(29-36-37-33)12(2)18(27-22)11-26-31;7-6-5(12-22(17)21-16)4(11-19-20-15)3(10-18-14)2(9-6)1-8-13/h4-10,12,18-21,24,38H,3,11,31-32,34-35H2,1-2H3;2-5H,1,13H2/q;+2/t12-,18-,19+,20?,21-,22+,39?;2-,3-,4+,5-/m11/s1. The summed E-state index contributed by atoms with van der Waals surface area (Å²) in [5, 5.41) is 12.8. The fraction of sp³-hybridized carbons (Fsp3) is 0.536. The summed E-state index contributed by atoms with van der Waals surface area (Å²) >= 11 is 6.70. The van der Waals surface area contributed by atoms with Gasteiger partial charge in [-0.25, -0.2) is 0 Å². The molecule has 9 unspecified atom stereocenters. The Bertz CT molecular complexity index is 2130. The molecule has 61 heavy (non-hydrogen) atoms. The molecular formula is C28H40ClO13P19+2. The van der Waals surface area contributed by atoms with Gasteiger partial charge in [0.25, 0.3) is 0 Å². The summed E-state index contributed by atoms with van der Waals surface area (Å²) in [5.41, 5.74) is 2.00. The number of ether oxygens (including phenoxy) is 3. The van der Waals surface area contributed by atoms with Crippen LogP contribution >= 0.6 is 167 Å². The molecule has 0 aliphatic carbocycles. The van der Waals surface area contributed by atoms with E-state index in [1.165, 1.54) is 0 Å². The van der Waals surface area contributed by atoms with E-state index in [0.717, 1.165) is 18.3 Å². The predicted octanol–water partition coefficient (Wildman–Crippen LogP) is 16.0. The number of benzene rings is 2. The van der Waals surface area contributed by atoms with Crippen LogP contribution < -0.4 is 4.74 Å². The van der Waals surface area contributed by atoms with Gasteiger partial charge < -0.3 is 4.74 Å². The third-order valence-electron chi connectivity index (χ3n) is 8.67. The van der Waals surface area contributed by atoms with Gasteiger partial charge in [0, 0.05) is 0 Å². The average molecular weight is 1210 g/mol. The molecule has 0 bridgehead atoms. The second-order valence-electron chi connectivity index (χ2n) is 12.1. The fourth-order valence-electron chi connectivity index (χ4n) is 5.97. The van der Waals surface area contributed by atoms with Gasteiger partial charge in [-0.2, -0.15) is 0 Å². The molecule has 0 saturated carbocycles. The summed E-state index contributed by atoms with van der Waals surface area (Å²) in [6.07, 6.45) is -5.18. The van der Waals surface area contributed by atoms with E-state index < -0.39 is 75.1 Å². The molecule has 18 atom stereocenters. The van der Waals surface area contributed by atoms with E-state index in [1.807, 2.05) is 38.1 Å². The van der Waals surface area contributed by atoms with Gasteiger partial charge in [0.15, 0.2) is 0 Å². The van der Waals surface area contributed by atoms with Crippen molar-refractivity contribution >= 4 is 173 Å². The number of rotatable bonds is 19. The molecule has 0 radical (unpaired) electrons. The Labute approximate surface area is 395 Å². The van der Waals surface area contributed by atoms with Crippen LogP contribution in [0, 0.1) is 5.92 Å². The number of carbonyl (C=O) groups excluding carboxylic acids is 1. The Morgan fingerprint density at radius 3 is 2.20 bits per heavy atom. The van der Waals surface area contributed by atoms with Gasteiger partial charge in [-0.05, 0) is 6.92 Å². The van der Waals surface area contributed by atoms with Crippen LogP contribution in [0.25, 0.3) is 0 Å². The summed E-state index contributed by atoms with van der Waals surface area (Å²) in [4.78, 5) is 12.2. The Morgan fingerprint density at radius 2 is 1.64 bits per heavy atom. The molecule has 4 rings (SSSR count). The van der Waals surface area contributed by atoms with E-state index in [4.69, 9.17) is 62.0 Å². The van der Waals surface area contributed by atoms with Crippen molar-refractivity contribution in [3.8, 4) is 5.75 Å². The first kappa shape index (κ1) is 60.7. The number of cyclic esters (lactones) is 1. The number of carbonyl (C=O) groups is 1. The van der Waals surface area contributed by atoms with Crippen molar-refractivity contribution in [2.45, 2.75) is 68.5 Å². The summed E-state index contributed by atoms with van der Waals surface area (Å²) in [6.45, 7) is 5.14. The minimum atomic E-state index is -1.86. The predicted molar refractivity (Wildman–Crippen MR) is 283 cm³/mol. The van der Waals surface area contributed by atoms with Gasteiger partial charge in [0.05, 0.1) is 6.61 Å². The van der Waals surface area contributed by atoms with Gasteiger partial charge in [-0.1, -0.05) is 0 Å². The van der Waals surface area contributed by atoms with E-state index in [1.54, 1.807) is 18.2 Å². The Balaban J connectivity index is 0.000000382. The molecule has 2 aliphatic rings. The van der Waals surface area contributed by atoms with Crippen LogP contribution in [-0.4, -0.2) is 73.6 Å². The summed E-state index contributed by atoms with van der Waals surface area (Å²) in [7, 11) is 34.5. The molecule has 2 heterocycles. The van der Waals surface area contributed by atoms with Crippen molar-refractivity contribution in [1.82, 2.24) is 0 Å². The van der Waals surface area contributed by atoms with Crippen molar-refractivity contribution in [2.24, 2.45) is 5.92 Å². The van der Waals surface area contributed by atoms with E-state index >= 15 is 0 Å². The van der Waals surface area contributed by atoms with Crippen molar-refractivity contribution in [3.05, 3.63) is 64.2 Å². The Hall–Kier alpha value is 5.38. The van der Waals surface area contributed by atoms with E-state index in [-0.39, 0.29) is 19.1 Å². The van der Waals surface area contributed by atoms with Crippen LogP contribution in [0.1, 0.15) is 36.6 Å². The molecule has 0 amide bonds. The zero-order chi connectivity index (χ0) is 45.1. The second-order valence-corrected chi connectivity index (χ2v) is 35.3. The molecule has 0 aromatic heterocycles. The minimum absolute atomic E-state index is 0.140. The molecule has 0 spiro atoms. The first-order chi connectivity index (χ1) is 29.3. The zero-order valence-electron chi connectivity index (χ0n) is 31.8. The summed E-state index contributed by atoms with van der Waals surface area (Å²) in [5.74, 6) is -1.78. The molecule has 330 valence electrons. The van der Waals surface area contributed by atoms with Crippen LogP contribution in [-0.2, 0) is 56.2 Å². The third-order valence-corrected chi connectivity index (χ3v) is 27.0. The topological polar surface area (TPSA) is 139 Å². The SMILES string of the molecule is CCOc1ccc(C(OP)c2cc([C@]3(O)O[C@H](COP)[C@@H](C)[C@H](OP=P#P)[C@H]3OP(P)PP)ccc2Cl)cc1.O=C1O[C@H](COP)[C@@H](O[P+]#P)[C@H](OP=P#P)[C@H]1OP(#P)[P+]#P. The van der Waals surface area contributed by atoms with Crippen molar-refractivity contribution in [2.75, 3.05) is 19.8 Å². The van der Waals surface area contributed by atoms with Gasteiger partial charge in [0.2, 0.25) is 0 Å². The molecule has 1 N–H and O–H groups in total. The van der Waals surface area contributed by atoms with E-state index in [2.05, 4.69) is 88.0 Å². The van der Waals surface area contributed by atoms with Crippen molar-refractivity contribution in [3.63, 3.8) is 0 Å². The monoisotopic (exact) mass is 1210 g/mol. The number of aliphatic hydroxyl groups is 1. The van der Waals surface area contributed by atoms with Crippen LogP contribution in [0.5, 0.6) is 5.75 Å². The quantitative estimate of drug-likeness (QED) is 0.106. The Kier molecular flexibility index (Phi) is 33.0. The summed E-state index contributed by atoms with van der Waals surface area (Å²) in [6, 6.07) is 12.9. The van der Waals surface area contributed by atoms with Crippen LogP contribution in [0.3, 0.4) is 0 Å². The molecular weight excluding hydrogens is 1170 g/mol. The number of hydrogen-bond donors (Lipinski definition) is 1. The van der Waals surface area contributed by atoms with Crippen LogP contribution in [0.2, 0.25) is 5.02 Å². The maximum absolute atomic E-state index is 12.3. The summed E-state index contributed by atoms with van der Waals surface area (Å²) < 4.78 is 63.0. The first-order valence-electron chi connectivity index (χ1n) is 17.0. The molecule has 2 aliphatic heterocycles. The number of esters is 1.